The van der Waals surface area contributed by atoms with Crippen LogP contribution in [-0.4, -0.2) is 40.2 Å². The number of piperidine rings is 1. The summed E-state index contributed by atoms with van der Waals surface area (Å²) in [5.41, 5.74) is 2.60. The summed E-state index contributed by atoms with van der Waals surface area (Å²) < 4.78 is 14.6. The summed E-state index contributed by atoms with van der Waals surface area (Å²) in [6, 6.07) is 10.6. The quantitative estimate of drug-likeness (QED) is 0.653. The highest BCUT2D eigenvalue weighted by atomic mass is 32.1. The molecule has 2 N–H and O–H groups in total. The minimum absolute atomic E-state index is 0.227. The molecule has 8 heteroatoms. The van der Waals surface area contributed by atoms with Gasteiger partial charge in [0.05, 0.1) is 23.2 Å². The molecule has 4 rings (SSSR count). The van der Waals surface area contributed by atoms with E-state index >= 15 is 0 Å². The van der Waals surface area contributed by atoms with Crippen LogP contribution in [0, 0.1) is 12.7 Å². The van der Waals surface area contributed by atoms with Gasteiger partial charge in [0.25, 0.3) is 5.91 Å². The lowest BCUT2D eigenvalue weighted by Gasteiger charge is -2.31. The molecule has 0 unspecified atom stereocenters. The van der Waals surface area contributed by atoms with Gasteiger partial charge >= 0.3 is 0 Å². The number of nitrogens with one attached hydrogen (secondary N) is 1. The lowest BCUT2D eigenvalue weighted by molar-refractivity contribution is 0.0954. The average molecular weight is 427 g/mol. The number of aryl methyl sites for hydroxylation is 1. The zero-order valence-electron chi connectivity index (χ0n) is 16.6. The fourth-order valence-corrected chi connectivity index (χ4v) is 4.45. The smallest absolute Gasteiger partial charge is 0.263 e. The van der Waals surface area contributed by atoms with Crippen LogP contribution in [0.1, 0.15) is 33.8 Å². The Labute approximate surface area is 178 Å². The molecule has 1 amide bonds. The third-order valence-electron chi connectivity index (χ3n) is 5.16. The molecule has 0 aliphatic carbocycles. The summed E-state index contributed by atoms with van der Waals surface area (Å²) in [7, 11) is 0. The molecule has 0 spiro atoms. The number of aliphatic hydroxyl groups is 1. The second kappa shape index (κ2) is 8.89. The Kier molecular flexibility index (Phi) is 6.06. The second-order valence-corrected chi connectivity index (χ2v) is 8.33. The average Bonchev–Trinajstić information content (AvgIpc) is 3.15. The van der Waals surface area contributed by atoms with Crippen molar-refractivity contribution < 1.29 is 14.3 Å². The fourth-order valence-electron chi connectivity index (χ4n) is 3.49. The van der Waals surface area contributed by atoms with Gasteiger partial charge < -0.3 is 15.3 Å². The molecule has 156 valence electrons. The Morgan fingerprint density at radius 1 is 1.30 bits per heavy atom. The van der Waals surface area contributed by atoms with Gasteiger partial charge in [-0.3, -0.25) is 9.78 Å². The number of hydrogen-bond donors (Lipinski definition) is 2. The maximum absolute atomic E-state index is 14.6. The molecule has 0 bridgehead atoms. The van der Waals surface area contributed by atoms with E-state index in [0.29, 0.717) is 52.8 Å². The zero-order chi connectivity index (χ0) is 21.1. The number of anilines is 1. The van der Waals surface area contributed by atoms with Crippen LogP contribution in [-0.2, 0) is 6.54 Å². The first-order chi connectivity index (χ1) is 14.5. The van der Waals surface area contributed by atoms with E-state index in [9.17, 15) is 14.3 Å². The summed E-state index contributed by atoms with van der Waals surface area (Å²) in [6.07, 6.45) is 2.68. The first-order valence-electron chi connectivity index (χ1n) is 9.89. The standard InChI is InChI=1S/C22H23FN4O2S/c1-14-20(30-22(26-14)18-4-2-3-9-24-18)21(29)25-13-15-5-6-19(17(23)12-15)27-10-7-16(28)8-11-27/h2-6,9,12,16,28H,7-8,10-11,13H2,1H3,(H,25,29). The number of nitrogens with zero attached hydrogens (tertiary/aromatic N) is 3. The van der Waals surface area contributed by atoms with E-state index in [-0.39, 0.29) is 24.4 Å². The minimum atomic E-state index is -0.315. The monoisotopic (exact) mass is 426 g/mol. The molecule has 30 heavy (non-hydrogen) atoms. The number of aromatic nitrogens is 2. The first-order valence-corrected chi connectivity index (χ1v) is 10.7. The van der Waals surface area contributed by atoms with Gasteiger partial charge in [-0.15, -0.1) is 11.3 Å². The van der Waals surface area contributed by atoms with Crippen molar-refractivity contribution >= 4 is 22.9 Å². The number of amides is 1. The summed E-state index contributed by atoms with van der Waals surface area (Å²) in [6.45, 7) is 3.29. The van der Waals surface area contributed by atoms with Crippen molar-refractivity contribution in [3.05, 3.63) is 64.5 Å². The van der Waals surface area contributed by atoms with Crippen LogP contribution in [0.2, 0.25) is 0 Å². The van der Waals surface area contributed by atoms with Crippen LogP contribution >= 0.6 is 11.3 Å². The molecular weight excluding hydrogens is 403 g/mol. The number of thiazole rings is 1. The van der Waals surface area contributed by atoms with Gasteiger partial charge in [-0.05, 0) is 49.6 Å². The summed E-state index contributed by atoms with van der Waals surface area (Å²) in [5, 5.41) is 13.2. The molecule has 2 aromatic heterocycles. The molecule has 1 aromatic carbocycles. The number of carbonyl (C=O) groups is 1. The van der Waals surface area contributed by atoms with E-state index in [4.69, 9.17) is 0 Å². The molecule has 0 saturated carbocycles. The third-order valence-corrected chi connectivity index (χ3v) is 6.34. The second-order valence-electron chi connectivity index (χ2n) is 7.34. The van der Waals surface area contributed by atoms with Crippen molar-refractivity contribution in [2.24, 2.45) is 0 Å². The third kappa shape index (κ3) is 4.49. The first kappa shape index (κ1) is 20.4. The van der Waals surface area contributed by atoms with E-state index in [0.717, 1.165) is 5.69 Å². The normalized spacial score (nSPS) is 14.7. The van der Waals surface area contributed by atoms with Gasteiger partial charge in [-0.25, -0.2) is 9.37 Å². The van der Waals surface area contributed by atoms with Gasteiger partial charge in [0.2, 0.25) is 0 Å². The molecule has 1 aliphatic rings. The van der Waals surface area contributed by atoms with Crippen molar-refractivity contribution in [2.45, 2.75) is 32.4 Å². The summed E-state index contributed by atoms with van der Waals surface area (Å²) >= 11 is 1.29. The minimum Gasteiger partial charge on any atom is -0.393 e. The fraction of sp³-hybridized carbons (Fsp3) is 0.318. The van der Waals surface area contributed by atoms with Crippen molar-refractivity contribution in [1.29, 1.82) is 0 Å². The van der Waals surface area contributed by atoms with Crippen LogP contribution in [0.4, 0.5) is 10.1 Å². The number of aliphatic hydroxyl groups excluding tert-OH is 1. The predicted octanol–water partition coefficient (Wildman–Crippen LogP) is 3.54. The predicted molar refractivity (Wildman–Crippen MR) is 115 cm³/mol. The molecule has 1 fully saturated rings. The number of rotatable bonds is 5. The Hall–Kier alpha value is -2.84. The van der Waals surface area contributed by atoms with Crippen LogP contribution in [0.15, 0.2) is 42.6 Å². The molecular formula is C22H23FN4O2S. The van der Waals surface area contributed by atoms with E-state index in [2.05, 4.69) is 15.3 Å². The maximum atomic E-state index is 14.6. The van der Waals surface area contributed by atoms with Crippen molar-refractivity contribution in [1.82, 2.24) is 15.3 Å². The Bertz CT molecular complexity index is 1030. The van der Waals surface area contributed by atoms with Gasteiger partial charge in [-0.1, -0.05) is 12.1 Å². The topological polar surface area (TPSA) is 78.4 Å². The van der Waals surface area contributed by atoms with E-state index < -0.39 is 0 Å². The highest BCUT2D eigenvalue weighted by Gasteiger charge is 2.20. The molecule has 0 atom stereocenters. The molecule has 6 nitrogen and oxygen atoms in total. The number of halogens is 1. The van der Waals surface area contributed by atoms with Crippen molar-refractivity contribution in [3.8, 4) is 10.7 Å². The van der Waals surface area contributed by atoms with Crippen LogP contribution in [0.3, 0.4) is 0 Å². The van der Waals surface area contributed by atoms with Crippen LogP contribution in [0.25, 0.3) is 10.7 Å². The van der Waals surface area contributed by atoms with Crippen LogP contribution < -0.4 is 10.2 Å². The largest absolute Gasteiger partial charge is 0.393 e. The summed E-state index contributed by atoms with van der Waals surface area (Å²) in [4.78, 5) is 23.8. The van der Waals surface area contributed by atoms with Gasteiger partial charge in [-0.2, -0.15) is 0 Å². The van der Waals surface area contributed by atoms with Gasteiger partial charge in [0, 0.05) is 25.8 Å². The Morgan fingerprint density at radius 3 is 2.80 bits per heavy atom. The Morgan fingerprint density at radius 2 is 2.10 bits per heavy atom. The molecule has 3 aromatic rings. The lowest BCUT2D eigenvalue weighted by Crippen LogP contribution is -2.36. The number of benzene rings is 1. The Balaban J connectivity index is 1.41. The summed E-state index contributed by atoms with van der Waals surface area (Å²) in [5.74, 6) is -0.550. The van der Waals surface area contributed by atoms with Crippen molar-refractivity contribution in [3.63, 3.8) is 0 Å². The molecule has 0 radical (unpaired) electrons. The SMILES string of the molecule is Cc1nc(-c2ccccn2)sc1C(=O)NCc1ccc(N2CCC(O)CC2)c(F)c1. The zero-order valence-corrected chi connectivity index (χ0v) is 17.5. The molecule has 3 heterocycles. The van der Waals surface area contributed by atoms with Gasteiger partial charge in [0.15, 0.2) is 0 Å². The highest BCUT2D eigenvalue weighted by molar-refractivity contribution is 7.17. The van der Waals surface area contributed by atoms with Crippen molar-refractivity contribution in [2.75, 3.05) is 18.0 Å². The molecule has 1 aliphatic heterocycles. The highest BCUT2D eigenvalue weighted by Crippen LogP contribution is 2.27. The van der Waals surface area contributed by atoms with E-state index in [1.807, 2.05) is 29.2 Å². The van der Waals surface area contributed by atoms with E-state index in [1.165, 1.54) is 17.4 Å². The number of pyridine rings is 1. The number of hydrogen-bond acceptors (Lipinski definition) is 6. The lowest BCUT2D eigenvalue weighted by atomic mass is 10.1. The maximum Gasteiger partial charge on any atom is 0.263 e. The van der Waals surface area contributed by atoms with E-state index in [1.54, 1.807) is 19.2 Å². The molecule has 1 saturated heterocycles. The van der Waals surface area contributed by atoms with Crippen LogP contribution in [0.5, 0.6) is 0 Å². The number of carbonyl (C=O) groups excluding carboxylic acids is 1. The van der Waals surface area contributed by atoms with Gasteiger partial charge in [0.1, 0.15) is 15.7 Å².